The molecule has 0 aromatic heterocycles. The van der Waals surface area contributed by atoms with E-state index in [1.807, 2.05) is 0 Å². The number of rotatable bonds is 5. The number of aliphatic hydroxyl groups is 3. The fourth-order valence-electron chi connectivity index (χ4n) is 0.405. The van der Waals surface area contributed by atoms with Gasteiger partial charge in [0.05, 0.1) is 19.8 Å². The maximum Gasteiger partial charge on any atom is 0.144 e. The van der Waals surface area contributed by atoms with Crippen LogP contribution in [-0.2, 0) is 4.74 Å². The maximum atomic E-state index is 8.46. The molecule has 60 valence electrons. The molecule has 0 spiro atoms. The third-order valence-corrected chi connectivity index (χ3v) is 0.917. The highest BCUT2D eigenvalue weighted by Crippen LogP contribution is 1.97. The van der Waals surface area contributed by atoms with Gasteiger partial charge >= 0.3 is 0 Å². The molecule has 3 N–H and O–H groups in total. The van der Waals surface area contributed by atoms with Crippen LogP contribution in [0.25, 0.3) is 0 Å². The lowest BCUT2D eigenvalue weighted by Crippen LogP contribution is -2.22. The molecule has 0 saturated heterocycles. The summed E-state index contributed by atoms with van der Waals surface area (Å²) in [6, 6.07) is 0. The maximum absolute atomic E-state index is 8.46. The predicted molar refractivity (Wildman–Crippen MR) is 35.3 cm³/mol. The van der Waals surface area contributed by atoms with Gasteiger partial charge in [0.15, 0.2) is 0 Å². The Morgan fingerprint density at radius 2 is 1.80 bits per heavy atom. The van der Waals surface area contributed by atoms with Crippen LogP contribution in [0.5, 0.6) is 0 Å². The van der Waals surface area contributed by atoms with Crippen LogP contribution < -0.4 is 0 Å². The van der Waals surface area contributed by atoms with Gasteiger partial charge in [-0.15, -0.1) is 0 Å². The fraction of sp³-hybridized carbons (Fsp3) is 0.667. The summed E-state index contributed by atoms with van der Waals surface area (Å²) in [5, 5.41) is 25.3. The first kappa shape index (κ1) is 9.42. The number of ether oxygens (including phenoxy) is 1. The molecule has 0 atom stereocenters. The third kappa shape index (κ3) is 3.45. The molecule has 0 rings (SSSR count). The second kappa shape index (κ2) is 5.22. The van der Waals surface area contributed by atoms with E-state index in [1.54, 1.807) is 0 Å². The van der Waals surface area contributed by atoms with Gasteiger partial charge in [-0.25, -0.2) is 0 Å². The van der Waals surface area contributed by atoms with Gasteiger partial charge in [-0.3, -0.25) is 0 Å². The zero-order valence-electron chi connectivity index (χ0n) is 5.66. The monoisotopic (exact) mass is 148 g/mol. The van der Waals surface area contributed by atoms with Crippen molar-refractivity contribution in [2.75, 3.05) is 19.8 Å². The number of hydrogen-bond donors (Lipinski definition) is 3. The van der Waals surface area contributed by atoms with Crippen LogP contribution in [0.4, 0.5) is 0 Å². The van der Waals surface area contributed by atoms with Crippen LogP contribution in [0.15, 0.2) is 12.3 Å². The number of hydrogen-bond acceptors (Lipinski definition) is 4. The molecule has 0 fully saturated rings. The van der Waals surface area contributed by atoms with Gasteiger partial charge in [-0.1, -0.05) is 6.58 Å². The lowest BCUT2D eigenvalue weighted by atomic mass is 10.4. The SMILES string of the molecule is C=C(CO)OC(CO)CO. The van der Waals surface area contributed by atoms with E-state index in [9.17, 15) is 0 Å². The van der Waals surface area contributed by atoms with Crippen molar-refractivity contribution in [1.82, 2.24) is 0 Å². The predicted octanol–water partition coefficient (Wildman–Crippen LogP) is -1.14. The number of aliphatic hydroxyl groups excluding tert-OH is 3. The van der Waals surface area contributed by atoms with Gasteiger partial charge < -0.3 is 20.1 Å². The summed E-state index contributed by atoms with van der Waals surface area (Å²) in [6.07, 6.45) is -0.667. The van der Waals surface area contributed by atoms with Crippen molar-refractivity contribution in [1.29, 1.82) is 0 Å². The minimum absolute atomic E-state index is 0.146. The third-order valence-electron chi connectivity index (χ3n) is 0.917. The summed E-state index contributed by atoms with van der Waals surface area (Å²) >= 11 is 0. The van der Waals surface area contributed by atoms with E-state index in [0.29, 0.717) is 0 Å². The van der Waals surface area contributed by atoms with Crippen LogP contribution in [0.1, 0.15) is 0 Å². The highest BCUT2D eigenvalue weighted by molar-refractivity contribution is 4.82. The van der Waals surface area contributed by atoms with Gasteiger partial charge in [0, 0.05) is 0 Å². The Labute approximate surface area is 59.4 Å². The van der Waals surface area contributed by atoms with Crippen molar-refractivity contribution in [3.8, 4) is 0 Å². The van der Waals surface area contributed by atoms with E-state index in [-0.39, 0.29) is 25.6 Å². The van der Waals surface area contributed by atoms with Crippen LogP contribution >= 0.6 is 0 Å². The first-order valence-corrected chi connectivity index (χ1v) is 2.91. The molecule has 0 aromatic carbocycles. The summed E-state index contributed by atoms with van der Waals surface area (Å²) in [5.74, 6) is 0.146. The zero-order valence-corrected chi connectivity index (χ0v) is 5.66. The summed E-state index contributed by atoms with van der Waals surface area (Å²) in [4.78, 5) is 0. The van der Waals surface area contributed by atoms with Crippen molar-refractivity contribution in [3.05, 3.63) is 12.3 Å². The highest BCUT2D eigenvalue weighted by Gasteiger charge is 2.06. The standard InChI is InChI=1S/C6H12O4/c1-5(2-7)10-6(3-8)4-9/h6-9H,1-4H2. The van der Waals surface area contributed by atoms with E-state index in [2.05, 4.69) is 6.58 Å². The lowest BCUT2D eigenvalue weighted by Gasteiger charge is -2.14. The normalized spacial score (nSPS) is 10.0. The lowest BCUT2D eigenvalue weighted by molar-refractivity contribution is 0.00742. The van der Waals surface area contributed by atoms with Crippen molar-refractivity contribution in [2.45, 2.75) is 6.10 Å². The van der Waals surface area contributed by atoms with Gasteiger partial charge in [0.1, 0.15) is 11.9 Å². The largest absolute Gasteiger partial charge is 0.488 e. The Balaban J connectivity index is 3.52. The van der Waals surface area contributed by atoms with Crippen LogP contribution in [0.2, 0.25) is 0 Å². The molecule has 0 saturated carbocycles. The summed E-state index contributed by atoms with van der Waals surface area (Å²) in [7, 11) is 0. The summed E-state index contributed by atoms with van der Waals surface area (Å²) < 4.78 is 4.75. The zero-order chi connectivity index (χ0) is 7.98. The van der Waals surface area contributed by atoms with E-state index in [0.717, 1.165) is 0 Å². The first-order valence-electron chi connectivity index (χ1n) is 2.91. The molecule has 0 aliphatic heterocycles. The smallest absolute Gasteiger partial charge is 0.144 e. The second-order valence-corrected chi connectivity index (χ2v) is 1.80. The van der Waals surface area contributed by atoms with Crippen molar-refractivity contribution in [2.24, 2.45) is 0 Å². The quantitative estimate of drug-likeness (QED) is 0.431. The molecule has 0 radical (unpaired) electrons. The molecule has 0 bridgehead atoms. The van der Waals surface area contributed by atoms with Crippen molar-refractivity contribution in [3.63, 3.8) is 0 Å². The van der Waals surface area contributed by atoms with Gasteiger partial charge in [-0.05, 0) is 0 Å². The molecular weight excluding hydrogens is 136 g/mol. The van der Waals surface area contributed by atoms with Crippen molar-refractivity contribution < 1.29 is 20.1 Å². The van der Waals surface area contributed by atoms with Gasteiger partial charge in [0.2, 0.25) is 0 Å². The van der Waals surface area contributed by atoms with Crippen LogP contribution in [-0.4, -0.2) is 41.2 Å². The average Bonchev–Trinajstić information content (AvgIpc) is 1.99. The van der Waals surface area contributed by atoms with Crippen molar-refractivity contribution >= 4 is 0 Å². The Hall–Kier alpha value is -0.580. The molecule has 0 heterocycles. The summed E-state index contributed by atoms with van der Waals surface area (Å²) in [5.41, 5.74) is 0. The van der Waals surface area contributed by atoms with E-state index in [1.165, 1.54) is 0 Å². The minimum atomic E-state index is -0.667. The fourth-order valence-corrected chi connectivity index (χ4v) is 0.405. The molecule has 0 aliphatic carbocycles. The molecular formula is C6H12O4. The second-order valence-electron chi connectivity index (χ2n) is 1.80. The Morgan fingerprint density at radius 1 is 1.30 bits per heavy atom. The Kier molecular flexibility index (Phi) is 4.92. The van der Waals surface area contributed by atoms with E-state index >= 15 is 0 Å². The first-order chi connectivity index (χ1) is 4.74. The molecule has 0 aromatic rings. The average molecular weight is 148 g/mol. The van der Waals surface area contributed by atoms with E-state index in [4.69, 9.17) is 20.1 Å². The Bertz CT molecular complexity index is 97.9. The summed E-state index contributed by atoms with van der Waals surface area (Å²) in [6.45, 7) is 2.45. The van der Waals surface area contributed by atoms with Gasteiger partial charge in [0.25, 0.3) is 0 Å². The Morgan fingerprint density at radius 3 is 2.10 bits per heavy atom. The van der Waals surface area contributed by atoms with Gasteiger partial charge in [-0.2, -0.15) is 0 Å². The highest BCUT2D eigenvalue weighted by atomic mass is 16.5. The molecule has 0 amide bonds. The molecule has 4 nitrogen and oxygen atoms in total. The molecule has 0 unspecified atom stereocenters. The molecule has 4 heteroatoms. The van der Waals surface area contributed by atoms with Crippen LogP contribution in [0, 0.1) is 0 Å². The van der Waals surface area contributed by atoms with Crippen LogP contribution in [0.3, 0.4) is 0 Å². The topological polar surface area (TPSA) is 69.9 Å². The molecule has 0 aliphatic rings. The minimum Gasteiger partial charge on any atom is -0.488 e. The molecule has 10 heavy (non-hydrogen) atoms. The van der Waals surface area contributed by atoms with E-state index < -0.39 is 6.10 Å².